The number of fused-ring (bicyclic) bond motifs is 3. The number of nitrogens with one attached hydrogen (secondary N) is 2. The molecule has 144 valence electrons. The molecular weight excluding hydrogens is 368 g/mol. The van der Waals surface area contributed by atoms with Crippen LogP contribution in [-0.4, -0.2) is 18.6 Å². The Bertz CT molecular complexity index is 1400. The molecule has 4 rings (SSSR count). The fourth-order valence-electron chi connectivity index (χ4n) is 3.44. The highest BCUT2D eigenvalue weighted by Crippen LogP contribution is 2.29. The van der Waals surface area contributed by atoms with Gasteiger partial charge in [-0.1, -0.05) is 12.1 Å². The minimum absolute atomic E-state index is 0.207. The standard InChI is InChI=1S/C22H18N4O3/c1-13-15(11-23)21-25-17-6-4-5-7-18(17)26(21)22(27)16(13)12-24-14-8-9-19(28-2)20(10-14)29-3/h4-10,12,24H,1-3H3/p+1. The van der Waals surface area contributed by atoms with Crippen LogP contribution in [0.2, 0.25) is 0 Å². The number of pyridine rings is 1. The van der Waals surface area contributed by atoms with Gasteiger partial charge in [-0.25, -0.2) is 9.78 Å². The molecule has 2 aromatic heterocycles. The largest absolute Gasteiger partial charge is 0.493 e. The summed E-state index contributed by atoms with van der Waals surface area (Å²) in [7, 11) is 3.13. The molecule has 0 aliphatic heterocycles. The zero-order valence-electron chi connectivity index (χ0n) is 16.2. The molecule has 0 radical (unpaired) electrons. The van der Waals surface area contributed by atoms with Gasteiger partial charge in [0.15, 0.2) is 22.5 Å². The van der Waals surface area contributed by atoms with E-state index >= 15 is 0 Å². The van der Waals surface area contributed by atoms with E-state index in [-0.39, 0.29) is 5.56 Å². The first-order valence-electron chi connectivity index (χ1n) is 8.97. The molecule has 0 fully saturated rings. The zero-order chi connectivity index (χ0) is 20.5. The summed E-state index contributed by atoms with van der Waals surface area (Å²) in [5.74, 6) is 1.19. The lowest BCUT2D eigenvalue weighted by Gasteiger charge is -2.09. The van der Waals surface area contributed by atoms with Crippen molar-refractivity contribution in [2.24, 2.45) is 0 Å². The van der Waals surface area contributed by atoms with Crippen LogP contribution in [0.3, 0.4) is 0 Å². The number of aromatic nitrogens is 2. The first-order chi connectivity index (χ1) is 14.1. The Morgan fingerprint density at radius 2 is 1.90 bits per heavy atom. The van der Waals surface area contributed by atoms with Crippen LogP contribution >= 0.6 is 0 Å². The van der Waals surface area contributed by atoms with Crippen molar-refractivity contribution in [3.8, 4) is 17.6 Å². The van der Waals surface area contributed by atoms with Gasteiger partial charge in [-0.05, 0) is 36.8 Å². The number of hydrogen-bond acceptors (Lipinski definition) is 5. The Labute approximate surface area is 166 Å². The van der Waals surface area contributed by atoms with Crippen LogP contribution in [-0.2, 0) is 0 Å². The van der Waals surface area contributed by atoms with E-state index in [1.54, 1.807) is 43.9 Å². The summed E-state index contributed by atoms with van der Waals surface area (Å²) in [4.78, 5) is 16.4. The molecule has 0 atom stereocenters. The highest BCUT2D eigenvalue weighted by Gasteiger charge is 2.22. The second-order valence-electron chi connectivity index (χ2n) is 6.52. The van der Waals surface area contributed by atoms with Gasteiger partial charge in [0.2, 0.25) is 0 Å². The lowest BCUT2D eigenvalue weighted by molar-refractivity contribution is -0.311. The van der Waals surface area contributed by atoms with Gasteiger partial charge in [-0.2, -0.15) is 9.66 Å². The monoisotopic (exact) mass is 387 g/mol. The van der Waals surface area contributed by atoms with Gasteiger partial charge in [-0.15, -0.1) is 0 Å². The van der Waals surface area contributed by atoms with E-state index in [2.05, 4.69) is 16.4 Å². The summed E-state index contributed by atoms with van der Waals surface area (Å²) in [6.45, 7) is 1.77. The Morgan fingerprint density at radius 1 is 1.14 bits per heavy atom. The second-order valence-corrected chi connectivity index (χ2v) is 6.52. The van der Waals surface area contributed by atoms with E-state index in [0.717, 1.165) is 16.7 Å². The topological polar surface area (TPSA) is 89.9 Å². The van der Waals surface area contributed by atoms with E-state index in [9.17, 15) is 10.1 Å². The molecule has 0 spiro atoms. The Kier molecular flexibility index (Phi) is 4.53. The van der Waals surface area contributed by atoms with Crippen molar-refractivity contribution in [2.45, 2.75) is 6.92 Å². The summed E-state index contributed by atoms with van der Waals surface area (Å²) in [6.07, 6.45) is 1.62. The first kappa shape index (κ1) is 18.3. The number of anilines is 1. The van der Waals surface area contributed by atoms with Crippen LogP contribution in [0.15, 0.2) is 47.3 Å². The van der Waals surface area contributed by atoms with Gasteiger partial charge >= 0.3 is 11.2 Å². The number of methoxy groups -OCH3 is 2. The van der Waals surface area contributed by atoms with Gasteiger partial charge in [0.25, 0.3) is 0 Å². The van der Waals surface area contributed by atoms with E-state index < -0.39 is 0 Å². The number of nitriles is 1. The Hall–Kier alpha value is -4.05. The minimum atomic E-state index is -0.207. The Morgan fingerprint density at radius 3 is 2.62 bits per heavy atom. The maximum Gasteiger partial charge on any atom is 0.348 e. The molecule has 7 nitrogen and oxygen atoms in total. The summed E-state index contributed by atoms with van der Waals surface area (Å²) >= 11 is 0. The molecule has 0 aliphatic carbocycles. The highest BCUT2D eigenvalue weighted by atomic mass is 16.5. The number of imidazole rings is 1. The predicted octanol–water partition coefficient (Wildman–Crippen LogP) is 2.03. The van der Waals surface area contributed by atoms with Gasteiger partial charge < -0.3 is 14.8 Å². The molecule has 0 saturated carbocycles. The molecule has 0 saturated heterocycles. The fourth-order valence-corrected chi connectivity index (χ4v) is 3.44. The number of aromatic amines is 1. The average molecular weight is 387 g/mol. The number of H-pyrrole nitrogens is 1. The SMILES string of the molecule is COc1ccc(NC=c2c(C)c(C#N)c3[nH+]c4ccccc4n3c2=O)cc1OC. The van der Waals surface area contributed by atoms with E-state index in [1.165, 1.54) is 0 Å². The maximum absolute atomic E-state index is 13.3. The summed E-state index contributed by atoms with van der Waals surface area (Å²) in [6, 6.07) is 15.1. The fraction of sp³-hybridized carbons (Fsp3) is 0.136. The lowest BCUT2D eigenvalue weighted by Crippen LogP contribution is -2.35. The molecule has 0 bridgehead atoms. The third-order valence-electron chi connectivity index (χ3n) is 4.95. The van der Waals surface area contributed by atoms with Crippen LogP contribution < -0.4 is 30.6 Å². The highest BCUT2D eigenvalue weighted by molar-refractivity contribution is 5.77. The Balaban J connectivity index is 1.93. The van der Waals surface area contributed by atoms with Crippen molar-refractivity contribution in [3.63, 3.8) is 0 Å². The molecule has 7 heteroatoms. The molecule has 0 unspecified atom stereocenters. The van der Waals surface area contributed by atoms with Gasteiger partial charge in [0.05, 0.1) is 19.4 Å². The lowest BCUT2D eigenvalue weighted by atomic mass is 10.1. The number of nitrogens with zero attached hydrogens (tertiary/aromatic N) is 2. The molecule has 2 N–H and O–H groups in total. The number of hydrogen-bond donors (Lipinski definition) is 1. The summed E-state index contributed by atoms with van der Waals surface area (Å²) in [5, 5.41) is 13.3. The smallest absolute Gasteiger partial charge is 0.348 e. The average Bonchev–Trinajstić information content (AvgIpc) is 3.13. The van der Waals surface area contributed by atoms with Gasteiger partial charge in [0, 0.05) is 18.0 Å². The van der Waals surface area contributed by atoms with E-state index in [1.807, 2.05) is 30.3 Å². The normalized spacial score (nSPS) is 11.6. The van der Waals surface area contributed by atoms with Crippen molar-refractivity contribution in [2.75, 3.05) is 19.5 Å². The molecule has 2 aromatic carbocycles. The van der Waals surface area contributed by atoms with Crippen LogP contribution in [0, 0.1) is 18.3 Å². The predicted molar refractivity (Wildman–Crippen MR) is 110 cm³/mol. The minimum Gasteiger partial charge on any atom is -0.493 e. The summed E-state index contributed by atoms with van der Waals surface area (Å²) < 4.78 is 12.1. The van der Waals surface area contributed by atoms with Crippen LogP contribution in [0.1, 0.15) is 11.1 Å². The first-order valence-corrected chi connectivity index (χ1v) is 8.97. The van der Waals surface area contributed by atoms with Crippen molar-refractivity contribution in [3.05, 3.63) is 69.2 Å². The zero-order valence-corrected chi connectivity index (χ0v) is 16.2. The summed E-state index contributed by atoms with van der Waals surface area (Å²) in [5.41, 5.74) is 3.58. The van der Waals surface area contributed by atoms with Crippen molar-refractivity contribution in [1.29, 1.82) is 5.26 Å². The third-order valence-corrected chi connectivity index (χ3v) is 4.95. The van der Waals surface area contributed by atoms with E-state index in [0.29, 0.717) is 33.5 Å². The second kappa shape index (κ2) is 7.17. The molecule has 0 amide bonds. The van der Waals surface area contributed by atoms with Crippen LogP contribution in [0.5, 0.6) is 11.5 Å². The van der Waals surface area contributed by atoms with Crippen molar-refractivity contribution >= 4 is 28.6 Å². The van der Waals surface area contributed by atoms with Gasteiger partial charge in [0.1, 0.15) is 11.6 Å². The maximum atomic E-state index is 13.3. The van der Waals surface area contributed by atoms with E-state index in [4.69, 9.17) is 9.47 Å². The molecule has 0 aliphatic rings. The number of ether oxygens (including phenoxy) is 2. The van der Waals surface area contributed by atoms with Crippen LogP contribution in [0.4, 0.5) is 5.69 Å². The van der Waals surface area contributed by atoms with Crippen molar-refractivity contribution in [1.82, 2.24) is 4.40 Å². The quantitative estimate of drug-likeness (QED) is 0.579. The molecule has 2 heterocycles. The number of rotatable bonds is 4. The van der Waals surface area contributed by atoms with Crippen molar-refractivity contribution < 1.29 is 14.5 Å². The molecular formula is C22H19N4O3+. The van der Waals surface area contributed by atoms with Crippen LogP contribution in [0.25, 0.3) is 22.9 Å². The number of para-hydroxylation sites is 2. The number of benzene rings is 2. The molecule has 29 heavy (non-hydrogen) atoms. The third kappa shape index (κ3) is 2.91. The molecule has 4 aromatic rings. The van der Waals surface area contributed by atoms with Gasteiger partial charge in [-0.3, -0.25) is 0 Å².